The third kappa shape index (κ3) is 11.8. The molecule has 0 unspecified atom stereocenters. The van der Waals surface area contributed by atoms with Gasteiger partial charge in [0.15, 0.2) is 0 Å². The third-order valence-electron chi connectivity index (χ3n) is 2.01. The monoisotopic (exact) mass is 276 g/mol. The number of hydrogen-bond donors (Lipinski definition) is 0. The lowest BCUT2D eigenvalue weighted by atomic mass is 10.1. The van der Waals surface area contributed by atoms with E-state index in [1.165, 1.54) is 0 Å². The molecule has 0 amide bonds. The Morgan fingerprint density at radius 3 is 2.11 bits per heavy atom. The molecule has 0 aromatic carbocycles. The molecule has 0 aromatic rings. The minimum absolute atomic E-state index is 0.138. The van der Waals surface area contributed by atoms with E-state index in [0.29, 0.717) is 32.0 Å². The van der Waals surface area contributed by atoms with Gasteiger partial charge in [0.2, 0.25) is 0 Å². The van der Waals surface area contributed by atoms with Crippen LogP contribution in [0.4, 0.5) is 0 Å². The van der Waals surface area contributed by atoms with Gasteiger partial charge in [0.05, 0.1) is 0 Å². The summed E-state index contributed by atoms with van der Waals surface area (Å²) >= 11 is 1.62. The Morgan fingerprint density at radius 2 is 1.61 bits per heavy atom. The second kappa shape index (κ2) is 11.4. The summed E-state index contributed by atoms with van der Waals surface area (Å²) in [4.78, 5) is 22.2. The summed E-state index contributed by atoms with van der Waals surface area (Å²) in [6.07, 6.45) is 1.77. The van der Waals surface area contributed by atoms with Gasteiger partial charge in [-0.15, -0.1) is 0 Å². The van der Waals surface area contributed by atoms with Crippen LogP contribution >= 0.6 is 11.8 Å². The summed E-state index contributed by atoms with van der Waals surface area (Å²) in [6, 6.07) is 0. The molecule has 0 atom stereocenters. The summed E-state index contributed by atoms with van der Waals surface area (Å²) < 4.78 is 10.0. The second-order valence-corrected chi connectivity index (χ2v) is 5.63. The van der Waals surface area contributed by atoms with E-state index in [-0.39, 0.29) is 11.9 Å². The van der Waals surface area contributed by atoms with Crippen LogP contribution in [0.15, 0.2) is 0 Å². The standard InChI is InChI=1S/C13H24O4S/c1-4-5-12(14)16-6-8-18-9-7-17-13(15)10-11(2)3/h11H,4-10H2,1-3H3. The van der Waals surface area contributed by atoms with Gasteiger partial charge in [-0.25, -0.2) is 0 Å². The number of esters is 2. The molecule has 0 radical (unpaired) electrons. The molecule has 0 spiro atoms. The van der Waals surface area contributed by atoms with E-state index < -0.39 is 0 Å². The Balaban J connectivity index is 3.26. The normalized spacial score (nSPS) is 10.4. The van der Waals surface area contributed by atoms with Gasteiger partial charge in [0.25, 0.3) is 0 Å². The number of carbonyl (C=O) groups is 2. The lowest BCUT2D eigenvalue weighted by Crippen LogP contribution is -2.11. The molecule has 0 aliphatic carbocycles. The summed E-state index contributed by atoms with van der Waals surface area (Å²) in [5.41, 5.74) is 0. The third-order valence-corrected chi connectivity index (χ3v) is 2.92. The molecule has 4 nitrogen and oxygen atoms in total. The molecule has 0 N–H and O–H groups in total. The van der Waals surface area contributed by atoms with Crippen molar-refractivity contribution < 1.29 is 19.1 Å². The lowest BCUT2D eigenvalue weighted by molar-refractivity contribution is -0.144. The second-order valence-electron chi connectivity index (χ2n) is 4.40. The van der Waals surface area contributed by atoms with Crippen LogP contribution in [-0.4, -0.2) is 36.7 Å². The van der Waals surface area contributed by atoms with E-state index in [4.69, 9.17) is 9.47 Å². The molecule has 5 heteroatoms. The minimum atomic E-state index is -0.139. The van der Waals surface area contributed by atoms with Crippen molar-refractivity contribution in [3.8, 4) is 0 Å². The van der Waals surface area contributed by atoms with E-state index in [1.807, 2.05) is 20.8 Å². The van der Waals surface area contributed by atoms with Crippen LogP contribution in [0, 0.1) is 5.92 Å². The highest BCUT2D eigenvalue weighted by molar-refractivity contribution is 7.99. The van der Waals surface area contributed by atoms with Crippen LogP contribution in [0.3, 0.4) is 0 Å². The Labute approximate surface area is 114 Å². The highest BCUT2D eigenvalue weighted by Crippen LogP contribution is 2.04. The maximum atomic E-state index is 11.2. The maximum absolute atomic E-state index is 11.2. The van der Waals surface area contributed by atoms with E-state index in [1.54, 1.807) is 11.8 Å². The SMILES string of the molecule is CCCC(=O)OCCSCCOC(=O)CC(C)C. The Kier molecular flexibility index (Phi) is 10.9. The number of rotatable bonds is 10. The lowest BCUT2D eigenvalue weighted by Gasteiger charge is -2.06. The molecule has 0 aromatic heterocycles. The fourth-order valence-electron chi connectivity index (χ4n) is 1.20. The summed E-state index contributed by atoms with van der Waals surface area (Å²) in [5.74, 6) is 1.55. The van der Waals surface area contributed by atoms with Gasteiger partial charge in [0, 0.05) is 24.3 Å². The largest absolute Gasteiger partial charge is 0.465 e. The van der Waals surface area contributed by atoms with Crippen LogP contribution in [0.1, 0.15) is 40.0 Å². The molecule has 106 valence electrons. The molecule has 0 rings (SSSR count). The topological polar surface area (TPSA) is 52.6 Å². The van der Waals surface area contributed by atoms with Crippen LogP contribution in [-0.2, 0) is 19.1 Å². The van der Waals surface area contributed by atoms with E-state index in [9.17, 15) is 9.59 Å². The Bertz CT molecular complexity index is 241. The van der Waals surface area contributed by atoms with E-state index in [0.717, 1.165) is 17.9 Å². The van der Waals surface area contributed by atoms with Crippen molar-refractivity contribution in [2.24, 2.45) is 5.92 Å². The minimum Gasteiger partial charge on any atom is -0.465 e. The van der Waals surface area contributed by atoms with Crippen LogP contribution in [0.5, 0.6) is 0 Å². The molecule has 0 bridgehead atoms. The molecule has 0 fully saturated rings. The van der Waals surface area contributed by atoms with Crippen LogP contribution in [0.2, 0.25) is 0 Å². The molecule has 0 saturated carbocycles. The fraction of sp³-hybridized carbons (Fsp3) is 0.846. The van der Waals surface area contributed by atoms with Gasteiger partial charge in [-0.2, -0.15) is 11.8 Å². The molecule has 0 aliphatic heterocycles. The summed E-state index contributed by atoms with van der Waals surface area (Å²) in [5, 5.41) is 0. The Hall–Kier alpha value is -0.710. The maximum Gasteiger partial charge on any atom is 0.306 e. The van der Waals surface area contributed by atoms with Gasteiger partial charge < -0.3 is 9.47 Å². The Morgan fingerprint density at radius 1 is 1.06 bits per heavy atom. The van der Waals surface area contributed by atoms with Gasteiger partial charge in [-0.05, 0) is 12.3 Å². The quantitative estimate of drug-likeness (QED) is 0.453. The fourth-order valence-corrected chi connectivity index (χ4v) is 1.81. The van der Waals surface area contributed by atoms with E-state index >= 15 is 0 Å². The zero-order valence-electron chi connectivity index (χ0n) is 11.6. The number of carbonyl (C=O) groups excluding carboxylic acids is 2. The zero-order valence-corrected chi connectivity index (χ0v) is 12.4. The van der Waals surface area contributed by atoms with Crippen LogP contribution < -0.4 is 0 Å². The first-order valence-electron chi connectivity index (χ1n) is 6.45. The predicted molar refractivity (Wildman–Crippen MR) is 73.6 cm³/mol. The first kappa shape index (κ1) is 17.3. The molecular weight excluding hydrogens is 252 g/mol. The van der Waals surface area contributed by atoms with Gasteiger partial charge in [0.1, 0.15) is 13.2 Å². The van der Waals surface area contributed by atoms with E-state index in [2.05, 4.69) is 0 Å². The highest BCUT2D eigenvalue weighted by atomic mass is 32.2. The van der Waals surface area contributed by atoms with Crippen LogP contribution in [0.25, 0.3) is 0 Å². The highest BCUT2D eigenvalue weighted by Gasteiger charge is 2.05. The molecule has 0 heterocycles. The molecule has 18 heavy (non-hydrogen) atoms. The number of ether oxygens (including phenoxy) is 2. The summed E-state index contributed by atoms with van der Waals surface area (Å²) in [6.45, 7) is 6.78. The van der Waals surface area contributed by atoms with Crippen molar-refractivity contribution in [1.29, 1.82) is 0 Å². The predicted octanol–water partition coefficient (Wildman–Crippen LogP) is 2.65. The average molecular weight is 276 g/mol. The number of thioether (sulfide) groups is 1. The van der Waals surface area contributed by atoms with Crippen molar-refractivity contribution in [3.63, 3.8) is 0 Å². The zero-order chi connectivity index (χ0) is 13.8. The van der Waals surface area contributed by atoms with Gasteiger partial charge >= 0.3 is 11.9 Å². The van der Waals surface area contributed by atoms with Crippen molar-refractivity contribution in [1.82, 2.24) is 0 Å². The van der Waals surface area contributed by atoms with Gasteiger partial charge in [-0.3, -0.25) is 9.59 Å². The van der Waals surface area contributed by atoms with Crippen molar-refractivity contribution >= 4 is 23.7 Å². The first-order chi connectivity index (χ1) is 8.56. The first-order valence-corrected chi connectivity index (χ1v) is 7.60. The van der Waals surface area contributed by atoms with Gasteiger partial charge in [-0.1, -0.05) is 20.8 Å². The molecular formula is C13H24O4S. The smallest absolute Gasteiger partial charge is 0.306 e. The number of hydrogen-bond acceptors (Lipinski definition) is 5. The van der Waals surface area contributed by atoms with Crippen molar-refractivity contribution in [2.75, 3.05) is 24.7 Å². The average Bonchev–Trinajstić information content (AvgIpc) is 2.27. The molecule has 0 aliphatic rings. The van der Waals surface area contributed by atoms with Crippen molar-refractivity contribution in [3.05, 3.63) is 0 Å². The summed E-state index contributed by atoms with van der Waals surface area (Å²) in [7, 11) is 0. The molecule has 0 saturated heterocycles. The van der Waals surface area contributed by atoms with Crippen molar-refractivity contribution in [2.45, 2.75) is 40.0 Å².